The number of nitrogens with zero attached hydrogens (tertiary/aromatic N) is 1. The van der Waals surface area contributed by atoms with Gasteiger partial charge in [0.2, 0.25) is 11.8 Å². The Kier molecular flexibility index (Phi) is 5.82. The van der Waals surface area contributed by atoms with Crippen LogP contribution in [0, 0.1) is 18.8 Å². The maximum Gasteiger partial charge on any atom is 0.339 e. The number of rotatable bonds is 4. The van der Waals surface area contributed by atoms with Crippen LogP contribution in [0.15, 0.2) is 18.2 Å². The van der Waals surface area contributed by atoms with Crippen LogP contribution in [0.2, 0.25) is 0 Å². The molecule has 1 unspecified atom stereocenters. The van der Waals surface area contributed by atoms with Crippen molar-refractivity contribution in [2.75, 3.05) is 19.0 Å². The van der Waals surface area contributed by atoms with Gasteiger partial charge >= 0.3 is 5.97 Å². The quantitative estimate of drug-likeness (QED) is 0.824. The normalized spacial score (nSPS) is 25.4. The number of ether oxygens (including phenoxy) is 1. The topological polar surface area (TPSA) is 75.7 Å². The van der Waals surface area contributed by atoms with Gasteiger partial charge in [-0.1, -0.05) is 19.1 Å². The van der Waals surface area contributed by atoms with Crippen LogP contribution < -0.4 is 5.32 Å². The van der Waals surface area contributed by atoms with Gasteiger partial charge < -0.3 is 15.0 Å². The molecule has 1 heterocycles. The van der Waals surface area contributed by atoms with Crippen LogP contribution in [-0.2, 0) is 14.3 Å². The molecule has 1 aliphatic heterocycles. The number of carbonyl (C=O) groups is 3. The fraction of sp³-hybridized carbons (Fsp3) is 0.571. The van der Waals surface area contributed by atoms with Crippen molar-refractivity contribution in [3.05, 3.63) is 29.3 Å². The number of hydrogen-bond acceptors (Lipinski definition) is 4. The van der Waals surface area contributed by atoms with Gasteiger partial charge in [0.1, 0.15) is 0 Å². The molecule has 1 atom stereocenters. The minimum atomic E-state index is -0.491. The van der Waals surface area contributed by atoms with Gasteiger partial charge in [-0.3, -0.25) is 9.59 Å². The molecular formula is C21H28N2O4. The van der Waals surface area contributed by atoms with Crippen molar-refractivity contribution >= 4 is 23.5 Å². The highest BCUT2D eigenvalue weighted by Gasteiger charge is 2.39. The minimum Gasteiger partial charge on any atom is -0.465 e. The third kappa shape index (κ3) is 4.15. The van der Waals surface area contributed by atoms with E-state index in [0.29, 0.717) is 17.8 Å². The second-order valence-corrected chi connectivity index (χ2v) is 7.84. The largest absolute Gasteiger partial charge is 0.465 e. The molecule has 1 N–H and O–H groups in total. The molecule has 1 saturated carbocycles. The number of carbonyl (C=O) groups excluding carboxylic acids is 3. The van der Waals surface area contributed by atoms with Gasteiger partial charge in [-0.25, -0.2) is 4.79 Å². The van der Waals surface area contributed by atoms with Gasteiger partial charge in [0.05, 0.1) is 24.3 Å². The number of amides is 2. The highest BCUT2D eigenvalue weighted by Crippen LogP contribution is 2.32. The lowest BCUT2D eigenvalue weighted by atomic mass is 9.87. The van der Waals surface area contributed by atoms with E-state index < -0.39 is 5.97 Å². The number of likely N-dealkylation sites (tertiary alicyclic amines) is 1. The number of methoxy groups -OCH3 is 1. The van der Waals surface area contributed by atoms with Crippen molar-refractivity contribution in [1.29, 1.82) is 0 Å². The highest BCUT2D eigenvalue weighted by atomic mass is 16.5. The summed E-state index contributed by atoms with van der Waals surface area (Å²) in [6.07, 6.45) is 4.54. The second-order valence-electron chi connectivity index (χ2n) is 7.84. The number of anilines is 1. The molecule has 2 fully saturated rings. The zero-order chi connectivity index (χ0) is 19.6. The van der Waals surface area contributed by atoms with Crippen molar-refractivity contribution in [1.82, 2.24) is 4.90 Å². The van der Waals surface area contributed by atoms with E-state index in [4.69, 9.17) is 4.74 Å². The molecule has 27 heavy (non-hydrogen) atoms. The van der Waals surface area contributed by atoms with Crippen molar-refractivity contribution in [3.8, 4) is 0 Å². The molecule has 1 aromatic rings. The van der Waals surface area contributed by atoms with Crippen molar-refractivity contribution in [2.24, 2.45) is 11.8 Å². The maximum absolute atomic E-state index is 12.8. The van der Waals surface area contributed by atoms with Crippen LogP contribution in [0.5, 0.6) is 0 Å². The van der Waals surface area contributed by atoms with Gasteiger partial charge in [0, 0.05) is 19.0 Å². The summed E-state index contributed by atoms with van der Waals surface area (Å²) >= 11 is 0. The number of nitrogens with one attached hydrogen (secondary N) is 1. The van der Waals surface area contributed by atoms with Gasteiger partial charge in [0.25, 0.3) is 0 Å². The summed E-state index contributed by atoms with van der Waals surface area (Å²) < 4.78 is 4.81. The molecule has 0 aromatic heterocycles. The second kappa shape index (κ2) is 8.11. The molecule has 0 bridgehead atoms. The summed E-state index contributed by atoms with van der Waals surface area (Å²) in [5.74, 6) is -0.311. The Morgan fingerprint density at radius 2 is 1.89 bits per heavy atom. The number of esters is 1. The third-order valence-electron chi connectivity index (χ3n) is 5.88. The Hall–Kier alpha value is -2.37. The molecule has 6 nitrogen and oxygen atoms in total. The summed E-state index contributed by atoms with van der Waals surface area (Å²) in [5.41, 5.74) is 1.58. The highest BCUT2D eigenvalue weighted by molar-refractivity contribution is 6.04. The van der Waals surface area contributed by atoms with Crippen LogP contribution in [0.25, 0.3) is 0 Å². The maximum atomic E-state index is 12.8. The summed E-state index contributed by atoms with van der Waals surface area (Å²) in [5, 5.41) is 2.87. The standard InChI is InChI=1S/C21H28N2O4/c1-13-7-9-16(10-8-13)23-12-15(11-18(23)24)20(25)22-19-14(2)5-4-6-17(19)21(26)27-3/h4-6,13,15-16H,7-12H2,1-3H3,(H,22,25). The first-order chi connectivity index (χ1) is 12.9. The molecule has 0 spiro atoms. The van der Waals surface area contributed by atoms with Gasteiger partial charge in [-0.2, -0.15) is 0 Å². The minimum absolute atomic E-state index is 0.0627. The van der Waals surface area contributed by atoms with E-state index in [9.17, 15) is 14.4 Å². The molecule has 2 amide bonds. The number of para-hydroxylation sites is 1. The fourth-order valence-electron chi connectivity index (χ4n) is 4.15. The molecule has 1 aliphatic carbocycles. The van der Waals surface area contributed by atoms with E-state index in [1.54, 1.807) is 12.1 Å². The van der Waals surface area contributed by atoms with Gasteiger partial charge in [-0.05, 0) is 50.2 Å². The first kappa shape index (κ1) is 19.4. The van der Waals surface area contributed by atoms with E-state index >= 15 is 0 Å². The van der Waals surface area contributed by atoms with Crippen LogP contribution in [-0.4, -0.2) is 42.4 Å². The van der Waals surface area contributed by atoms with Crippen molar-refractivity contribution in [3.63, 3.8) is 0 Å². The molecule has 3 rings (SSSR count). The number of aryl methyl sites for hydroxylation is 1. The molecule has 0 radical (unpaired) electrons. The predicted octanol–water partition coefficient (Wildman–Crippen LogP) is 3.15. The predicted molar refractivity (Wildman–Crippen MR) is 102 cm³/mol. The zero-order valence-corrected chi connectivity index (χ0v) is 16.3. The molecule has 1 saturated heterocycles. The smallest absolute Gasteiger partial charge is 0.339 e. The lowest BCUT2D eigenvalue weighted by Crippen LogP contribution is -2.39. The van der Waals surface area contributed by atoms with Crippen LogP contribution in [0.3, 0.4) is 0 Å². The first-order valence-electron chi connectivity index (χ1n) is 9.69. The molecule has 1 aromatic carbocycles. The third-order valence-corrected chi connectivity index (χ3v) is 5.88. The Bertz CT molecular complexity index is 738. The lowest BCUT2D eigenvalue weighted by molar-refractivity contribution is -0.130. The SMILES string of the molecule is COC(=O)c1cccc(C)c1NC(=O)C1CC(=O)N(C2CCC(C)CC2)C1. The van der Waals surface area contributed by atoms with Crippen molar-refractivity contribution in [2.45, 2.75) is 52.0 Å². The van der Waals surface area contributed by atoms with Gasteiger partial charge in [-0.15, -0.1) is 0 Å². The van der Waals surface area contributed by atoms with E-state index in [2.05, 4.69) is 12.2 Å². The van der Waals surface area contributed by atoms with E-state index in [1.165, 1.54) is 7.11 Å². The molecule has 2 aliphatic rings. The Morgan fingerprint density at radius 1 is 1.19 bits per heavy atom. The Morgan fingerprint density at radius 3 is 2.56 bits per heavy atom. The van der Waals surface area contributed by atoms with Crippen molar-refractivity contribution < 1.29 is 19.1 Å². The van der Waals surface area contributed by atoms with Crippen LogP contribution in [0.4, 0.5) is 5.69 Å². The zero-order valence-electron chi connectivity index (χ0n) is 16.3. The Labute approximate surface area is 160 Å². The summed E-state index contributed by atoms with van der Waals surface area (Å²) in [6, 6.07) is 5.47. The first-order valence-corrected chi connectivity index (χ1v) is 9.69. The molecule has 6 heteroatoms. The summed E-state index contributed by atoms with van der Waals surface area (Å²) in [7, 11) is 1.31. The van der Waals surface area contributed by atoms with E-state index in [1.807, 2.05) is 17.9 Å². The number of hydrogen-bond donors (Lipinski definition) is 1. The van der Waals surface area contributed by atoms with E-state index in [-0.39, 0.29) is 30.2 Å². The number of benzene rings is 1. The van der Waals surface area contributed by atoms with Gasteiger partial charge in [0.15, 0.2) is 0 Å². The molecule has 146 valence electrons. The lowest BCUT2D eigenvalue weighted by Gasteiger charge is -2.33. The monoisotopic (exact) mass is 372 g/mol. The summed E-state index contributed by atoms with van der Waals surface area (Å²) in [4.78, 5) is 39.2. The fourth-order valence-corrected chi connectivity index (χ4v) is 4.15. The Balaban J connectivity index is 1.69. The van der Waals surface area contributed by atoms with Crippen LogP contribution >= 0.6 is 0 Å². The average molecular weight is 372 g/mol. The summed E-state index contributed by atoms with van der Waals surface area (Å²) in [6.45, 7) is 4.54. The van der Waals surface area contributed by atoms with Crippen LogP contribution in [0.1, 0.15) is 54.9 Å². The average Bonchev–Trinajstić information content (AvgIpc) is 3.05. The van der Waals surface area contributed by atoms with E-state index in [0.717, 1.165) is 37.2 Å². The molecular weight excluding hydrogens is 344 g/mol.